The van der Waals surface area contributed by atoms with Crippen molar-refractivity contribution in [2.45, 2.75) is 96.4 Å². The number of benzene rings is 1. The van der Waals surface area contributed by atoms with E-state index in [1.165, 1.54) is 7.11 Å². The number of rotatable bonds is 14. The Bertz CT molecular complexity index is 1210. The summed E-state index contributed by atoms with van der Waals surface area (Å²) in [6.45, 7) is 7.00. The molecule has 1 saturated heterocycles. The Labute approximate surface area is 286 Å². The quantitative estimate of drug-likeness (QED) is 0.210. The number of hydrogen-bond donors (Lipinski definition) is 4. The van der Waals surface area contributed by atoms with E-state index >= 15 is 0 Å². The molecule has 1 heterocycles. The first-order valence-corrected chi connectivity index (χ1v) is 17.6. The van der Waals surface area contributed by atoms with Crippen LogP contribution in [-0.2, 0) is 25.7 Å². The summed E-state index contributed by atoms with van der Waals surface area (Å²) in [6, 6.07) is 2.60. The van der Waals surface area contributed by atoms with Crippen LogP contribution in [0.5, 0.6) is 11.5 Å². The van der Waals surface area contributed by atoms with Crippen LogP contribution in [0.4, 0.5) is 0 Å². The zero-order chi connectivity index (χ0) is 33.4. The van der Waals surface area contributed by atoms with Gasteiger partial charge in [0.1, 0.15) is 18.8 Å². The first-order valence-electron chi connectivity index (χ1n) is 16.5. The number of nitrogens with one attached hydrogen (secondary N) is 1. The molecule has 258 valence electrons. The van der Waals surface area contributed by atoms with Crippen LogP contribution in [0.15, 0.2) is 23.8 Å². The number of halogens is 1. The van der Waals surface area contributed by atoms with Crippen LogP contribution in [0, 0.1) is 21.3 Å². The Morgan fingerprint density at radius 3 is 2.63 bits per heavy atom. The summed E-state index contributed by atoms with van der Waals surface area (Å²) in [5.74, 6) is 1.37. The highest BCUT2D eigenvalue weighted by Gasteiger charge is 2.42. The molecule has 3 aliphatic rings. The second-order valence-electron chi connectivity index (χ2n) is 13.1. The number of hydrogen-bond acceptors (Lipinski definition) is 9. The highest BCUT2D eigenvalue weighted by molar-refractivity contribution is 14.1. The first kappa shape index (κ1) is 36.9. The number of amides is 2. The van der Waals surface area contributed by atoms with Gasteiger partial charge in [-0.05, 0) is 89.8 Å². The molecule has 2 aliphatic carbocycles. The highest BCUT2D eigenvalue weighted by Crippen LogP contribution is 2.38. The van der Waals surface area contributed by atoms with Gasteiger partial charge in [0.15, 0.2) is 11.5 Å². The van der Waals surface area contributed by atoms with Crippen LogP contribution in [0.2, 0.25) is 0 Å². The molecule has 11 nitrogen and oxygen atoms in total. The third-order valence-corrected chi connectivity index (χ3v) is 10.3. The molecular formula is C34H51IN2O9. The molecule has 46 heavy (non-hydrogen) atoms. The fraction of sp³-hybridized carbons (Fsp3) is 0.706. The maximum Gasteiger partial charge on any atom is 0.249 e. The van der Waals surface area contributed by atoms with Crippen molar-refractivity contribution in [3.63, 3.8) is 0 Å². The Hall–Kier alpha value is -1.97. The van der Waals surface area contributed by atoms with E-state index in [1.54, 1.807) is 23.1 Å². The van der Waals surface area contributed by atoms with Crippen LogP contribution >= 0.6 is 22.6 Å². The van der Waals surface area contributed by atoms with Crippen LogP contribution in [0.3, 0.4) is 0 Å². The highest BCUT2D eigenvalue weighted by atomic mass is 127. The first-order chi connectivity index (χ1) is 22.1. The Morgan fingerprint density at radius 1 is 1.20 bits per heavy atom. The fourth-order valence-corrected chi connectivity index (χ4v) is 7.68. The SMILES string of the molecule is COc1cc(CO)cc(I)c1OC1C=C(C(=O)NCCO)CC(N(CC2CCCO2)C(=O)COC2CC(C)CCC2C(C)C)C1O. The minimum atomic E-state index is -1.20. The summed E-state index contributed by atoms with van der Waals surface area (Å²) >= 11 is 2.08. The molecule has 2 amide bonds. The van der Waals surface area contributed by atoms with Gasteiger partial charge in [-0.25, -0.2) is 0 Å². The van der Waals surface area contributed by atoms with Gasteiger partial charge in [0.25, 0.3) is 0 Å². The zero-order valence-electron chi connectivity index (χ0n) is 27.5. The van der Waals surface area contributed by atoms with Gasteiger partial charge in [-0.3, -0.25) is 9.59 Å². The van der Waals surface area contributed by atoms with Crippen LogP contribution in [-0.4, -0.2) is 103 Å². The standard InChI is InChI=1S/C34H51IN2O9/c1-20(2)25-8-7-21(3)12-28(25)45-19-31(40)37(17-24-6-5-11-44-24)27-15-23(34(42)36-9-10-38)16-29(32(27)41)46-33-26(35)13-22(18-39)14-30(33)43-4/h13-14,16,20-21,24-25,27-29,32,38-39,41H,5-12,15,17-19H2,1-4H3,(H,36,42). The van der Waals surface area contributed by atoms with Crippen molar-refractivity contribution in [2.24, 2.45) is 17.8 Å². The van der Waals surface area contributed by atoms with Crippen molar-refractivity contribution in [2.75, 3.05) is 40.0 Å². The van der Waals surface area contributed by atoms with E-state index in [9.17, 15) is 24.9 Å². The summed E-state index contributed by atoms with van der Waals surface area (Å²) in [6.07, 6.45) is 4.01. The van der Waals surface area contributed by atoms with E-state index in [2.05, 4.69) is 48.7 Å². The molecule has 4 N–H and O–H groups in total. The molecular weight excluding hydrogens is 707 g/mol. The van der Waals surface area contributed by atoms with Crippen molar-refractivity contribution in [3.05, 3.63) is 32.9 Å². The molecule has 1 saturated carbocycles. The van der Waals surface area contributed by atoms with E-state index in [0.29, 0.717) is 50.6 Å². The average Bonchev–Trinajstić information content (AvgIpc) is 3.56. The minimum absolute atomic E-state index is 0.0270. The third kappa shape index (κ3) is 9.34. The van der Waals surface area contributed by atoms with Crippen LogP contribution < -0.4 is 14.8 Å². The summed E-state index contributed by atoms with van der Waals surface area (Å²) < 4.78 is 24.9. The molecule has 2 fully saturated rings. The molecule has 1 aliphatic heterocycles. The summed E-state index contributed by atoms with van der Waals surface area (Å²) in [5.41, 5.74) is 0.970. The van der Waals surface area contributed by atoms with Gasteiger partial charge in [-0.2, -0.15) is 0 Å². The normalized spacial score (nSPS) is 28.1. The number of aliphatic hydroxyl groups excluding tert-OH is 3. The largest absolute Gasteiger partial charge is 0.493 e. The van der Waals surface area contributed by atoms with Crippen LogP contribution in [0.1, 0.15) is 64.9 Å². The lowest BCUT2D eigenvalue weighted by molar-refractivity contribution is -0.150. The number of carbonyl (C=O) groups excluding carboxylic acids is 2. The summed E-state index contributed by atoms with van der Waals surface area (Å²) in [4.78, 5) is 29.0. The minimum Gasteiger partial charge on any atom is -0.493 e. The monoisotopic (exact) mass is 758 g/mol. The number of methoxy groups -OCH3 is 1. The van der Waals surface area contributed by atoms with E-state index in [0.717, 1.165) is 32.1 Å². The second-order valence-corrected chi connectivity index (χ2v) is 14.3. The summed E-state index contributed by atoms with van der Waals surface area (Å²) in [7, 11) is 1.49. The van der Waals surface area contributed by atoms with Gasteiger partial charge in [0.2, 0.25) is 11.8 Å². The molecule has 0 aromatic heterocycles. The average molecular weight is 759 g/mol. The Kier molecular flexibility index (Phi) is 14.0. The Balaban J connectivity index is 1.64. The maximum absolute atomic E-state index is 14.1. The van der Waals surface area contributed by atoms with E-state index in [-0.39, 0.29) is 57.4 Å². The number of nitrogens with zero attached hydrogens (tertiary/aromatic N) is 1. The Morgan fingerprint density at radius 2 is 1.98 bits per heavy atom. The van der Waals surface area contributed by atoms with E-state index in [4.69, 9.17) is 18.9 Å². The molecule has 7 unspecified atom stereocenters. The van der Waals surface area contributed by atoms with E-state index in [1.807, 2.05) is 0 Å². The number of aliphatic hydroxyl groups is 3. The van der Waals surface area contributed by atoms with Gasteiger partial charge < -0.3 is 44.5 Å². The number of ether oxygens (including phenoxy) is 4. The van der Waals surface area contributed by atoms with Gasteiger partial charge in [-0.15, -0.1) is 0 Å². The smallest absolute Gasteiger partial charge is 0.249 e. The van der Waals surface area contributed by atoms with Gasteiger partial charge in [0.05, 0.1) is 42.1 Å². The molecule has 7 atom stereocenters. The van der Waals surface area contributed by atoms with Gasteiger partial charge in [0, 0.05) is 31.7 Å². The summed E-state index contributed by atoms with van der Waals surface area (Å²) in [5, 5.41) is 33.6. The van der Waals surface area contributed by atoms with Crippen LogP contribution in [0.25, 0.3) is 0 Å². The second kappa shape index (κ2) is 17.4. The molecule has 0 spiro atoms. The van der Waals surface area contributed by atoms with Crippen molar-refractivity contribution in [1.29, 1.82) is 0 Å². The van der Waals surface area contributed by atoms with Gasteiger partial charge in [-0.1, -0.05) is 27.2 Å². The maximum atomic E-state index is 14.1. The molecule has 4 rings (SSSR count). The molecule has 1 aromatic carbocycles. The van der Waals surface area contributed by atoms with Crippen molar-refractivity contribution in [1.82, 2.24) is 10.2 Å². The predicted molar refractivity (Wildman–Crippen MR) is 180 cm³/mol. The lowest BCUT2D eigenvalue weighted by Crippen LogP contribution is -2.57. The van der Waals surface area contributed by atoms with Crippen molar-refractivity contribution < 1.29 is 43.9 Å². The zero-order valence-corrected chi connectivity index (χ0v) is 29.6. The van der Waals surface area contributed by atoms with Crippen molar-refractivity contribution >= 4 is 34.4 Å². The topological polar surface area (TPSA) is 147 Å². The molecule has 12 heteroatoms. The van der Waals surface area contributed by atoms with Gasteiger partial charge >= 0.3 is 0 Å². The fourth-order valence-electron chi connectivity index (χ4n) is 6.89. The third-order valence-electron chi connectivity index (χ3n) is 9.47. The lowest BCUT2D eigenvalue weighted by atomic mass is 9.75. The lowest BCUT2D eigenvalue weighted by Gasteiger charge is -2.42. The molecule has 1 aromatic rings. The van der Waals surface area contributed by atoms with Crippen molar-refractivity contribution in [3.8, 4) is 11.5 Å². The molecule has 0 radical (unpaired) electrons. The molecule has 0 bridgehead atoms. The predicted octanol–water partition coefficient (Wildman–Crippen LogP) is 3.19. The van der Waals surface area contributed by atoms with E-state index < -0.39 is 24.2 Å². The number of carbonyl (C=O) groups is 2.